The van der Waals surface area contributed by atoms with E-state index in [1.165, 1.54) is 4.31 Å². The van der Waals surface area contributed by atoms with E-state index in [-0.39, 0.29) is 9.20 Å². The van der Waals surface area contributed by atoms with Crippen molar-refractivity contribution in [2.75, 3.05) is 25.6 Å². The Morgan fingerprint density at radius 2 is 2.22 bits per heavy atom. The standard InChI is InChI=1S/C10H16N2O2S4/c1-12(6-3-7-16-2)18(13,14)9-5-4-8(17-9)10(11)15/h4-5H,3,6-7H2,1-2H3,(H2,11,15). The molecule has 0 aliphatic carbocycles. The Bertz CT molecular complexity index is 510. The molecule has 0 aliphatic rings. The van der Waals surface area contributed by atoms with Crippen LogP contribution in [0.5, 0.6) is 0 Å². The Kier molecular flexibility index (Phi) is 6.06. The molecule has 0 radical (unpaired) electrons. The quantitative estimate of drug-likeness (QED) is 0.611. The van der Waals surface area contributed by atoms with E-state index in [1.54, 1.807) is 30.9 Å². The van der Waals surface area contributed by atoms with Gasteiger partial charge in [-0.05, 0) is 30.6 Å². The molecule has 0 unspecified atom stereocenters. The van der Waals surface area contributed by atoms with Crippen LogP contribution in [0.15, 0.2) is 16.3 Å². The second kappa shape index (κ2) is 6.85. The molecule has 2 N–H and O–H groups in total. The summed E-state index contributed by atoms with van der Waals surface area (Å²) in [5.41, 5.74) is 5.48. The normalized spacial score (nSPS) is 11.9. The minimum Gasteiger partial charge on any atom is -0.389 e. The molecule has 1 rings (SSSR count). The molecular formula is C10H16N2O2S4. The topological polar surface area (TPSA) is 63.4 Å². The zero-order valence-corrected chi connectivity index (χ0v) is 13.5. The number of thiocarbonyl (C=S) groups is 1. The molecule has 8 heteroatoms. The van der Waals surface area contributed by atoms with Gasteiger partial charge >= 0.3 is 0 Å². The van der Waals surface area contributed by atoms with Crippen molar-refractivity contribution in [3.8, 4) is 0 Å². The predicted molar refractivity (Wildman–Crippen MR) is 83.0 cm³/mol. The monoisotopic (exact) mass is 324 g/mol. The van der Waals surface area contributed by atoms with Crippen LogP contribution in [-0.2, 0) is 10.0 Å². The average Bonchev–Trinajstić information content (AvgIpc) is 2.79. The lowest BCUT2D eigenvalue weighted by atomic mass is 10.5. The van der Waals surface area contributed by atoms with Crippen LogP contribution in [-0.4, -0.2) is 43.3 Å². The van der Waals surface area contributed by atoms with E-state index >= 15 is 0 Å². The summed E-state index contributed by atoms with van der Waals surface area (Å²) < 4.78 is 26.1. The van der Waals surface area contributed by atoms with Gasteiger partial charge in [-0.1, -0.05) is 12.2 Å². The third-order valence-electron chi connectivity index (χ3n) is 2.31. The molecule has 0 bridgehead atoms. The molecule has 0 fully saturated rings. The number of thiophene rings is 1. The lowest BCUT2D eigenvalue weighted by molar-refractivity contribution is 0.471. The number of nitrogens with zero attached hydrogens (tertiary/aromatic N) is 1. The lowest BCUT2D eigenvalue weighted by Gasteiger charge is -2.15. The van der Waals surface area contributed by atoms with Gasteiger partial charge < -0.3 is 5.73 Å². The summed E-state index contributed by atoms with van der Waals surface area (Å²) in [5, 5.41) is 0. The molecule has 0 aliphatic heterocycles. The first-order chi connectivity index (χ1) is 8.39. The van der Waals surface area contributed by atoms with Gasteiger partial charge in [0.05, 0.1) is 4.88 Å². The molecule has 1 aromatic heterocycles. The van der Waals surface area contributed by atoms with Crippen LogP contribution in [0.4, 0.5) is 0 Å². The van der Waals surface area contributed by atoms with Crippen LogP contribution in [0.25, 0.3) is 0 Å². The number of rotatable bonds is 7. The molecule has 0 spiro atoms. The Labute approximate surface area is 122 Å². The summed E-state index contributed by atoms with van der Waals surface area (Å²) >= 11 is 7.65. The zero-order valence-electron chi connectivity index (χ0n) is 10.3. The summed E-state index contributed by atoms with van der Waals surface area (Å²) in [4.78, 5) is 0.854. The van der Waals surface area contributed by atoms with Crippen molar-refractivity contribution in [2.24, 2.45) is 5.73 Å². The second-order valence-corrected chi connectivity index (χ2v) is 8.44. The summed E-state index contributed by atoms with van der Waals surface area (Å²) in [6.45, 7) is 0.517. The van der Waals surface area contributed by atoms with E-state index in [4.69, 9.17) is 18.0 Å². The van der Waals surface area contributed by atoms with Crippen LogP contribution in [0, 0.1) is 0 Å². The van der Waals surface area contributed by atoms with Crippen LogP contribution in [0.2, 0.25) is 0 Å². The lowest BCUT2D eigenvalue weighted by Crippen LogP contribution is -2.27. The third kappa shape index (κ3) is 3.92. The summed E-state index contributed by atoms with van der Waals surface area (Å²) in [7, 11) is -1.81. The van der Waals surface area contributed by atoms with E-state index in [9.17, 15) is 8.42 Å². The smallest absolute Gasteiger partial charge is 0.252 e. The highest BCUT2D eigenvalue weighted by atomic mass is 32.2. The maximum atomic E-state index is 12.2. The molecular weight excluding hydrogens is 308 g/mol. The van der Waals surface area contributed by atoms with Crippen molar-refractivity contribution in [2.45, 2.75) is 10.6 Å². The van der Waals surface area contributed by atoms with Gasteiger partial charge in [-0.2, -0.15) is 11.8 Å². The molecule has 18 heavy (non-hydrogen) atoms. The second-order valence-electron chi connectivity index (χ2n) is 3.66. The fourth-order valence-corrected chi connectivity index (χ4v) is 4.49. The number of nitrogens with two attached hydrogens (primary N) is 1. The predicted octanol–water partition coefficient (Wildman–Crippen LogP) is 1.76. The van der Waals surface area contributed by atoms with Crippen molar-refractivity contribution in [3.63, 3.8) is 0 Å². The highest BCUT2D eigenvalue weighted by Crippen LogP contribution is 2.24. The van der Waals surface area contributed by atoms with E-state index in [0.717, 1.165) is 23.5 Å². The van der Waals surface area contributed by atoms with E-state index in [2.05, 4.69) is 0 Å². The largest absolute Gasteiger partial charge is 0.389 e. The van der Waals surface area contributed by atoms with E-state index in [1.807, 2.05) is 6.26 Å². The molecule has 0 atom stereocenters. The summed E-state index contributed by atoms with van der Waals surface area (Å²) in [6, 6.07) is 3.20. The maximum Gasteiger partial charge on any atom is 0.252 e. The van der Waals surface area contributed by atoms with Crippen molar-refractivity contribution in [3.05, 3.63) is 17.0 Å². The Morgan fingerprint density at radius 1 is 1.56 bits per heavy atom. The van der Waals surface area contributed by atoms with Gasteiger partial charge in [-0.3, -0.25) is 0 Å². The zero-order chi connectivity index (χ0) is 13.8. The highest BCUT2D eigenvalue weighted by Gasteiger charge is 2.22. The summed E-state index contributed by atoms with van der Waals surface area (Å²) in [5.74, 6) is 0.947. The number of sulfonamides is 1. The van der Waals surface area contributed by atoms with Gasteiger partial charge in [0.25, 0.3) is 10.0 Å². The minimum absolute atomic E-state index is 0.228. The van der Waals surface area contributed by atoms with Gasteiger partial charge in [0.1, 0.15) is 9.20 Å². The van der Waals surface area contributed by atoms with Crippen LogP contribution >= 0.6 is 35.3 Å². The molecule has 1 heterocycles. The van der Waals surface area contributed by atoms with Crippen molar-refractivity contribution in [1.29, 1.82) is 0 Å². The molecule has 0 saturated carbocycles. The molecule has 4 nitrogen and oxygen atoms in total. The number of hydrogen-bond acceptors (Lipinski definition) is 5. The maximum absolute atomic E-state index is 12.2. The van der Waals surface area contributed by atoms with Gasteiger partial charge in [0, 0.05) is 13.6 Å². The van der Waals surface area contributed by atoms with Crippen molar-refractivity contribution >= 4 is 50.3 Å². The van der Waals surface area contributed by atoms with Gasteiger partial charge in [-0.25, -0.2) is 12.7 Å². The van der Waals surface area contributed by atoms with E-state index < -0.39 is 10.0 Å². The first kappa shape index (κ1) is 15.9. The van der Waals surface area contributed by atoms with Crippen LogP contribution in [0.1, 0.15) is 11.3 Å². The first-order valence-electron chi connectivity index (χ1n) is 5.24. The third-order valence-corrected chi connectivity index (χ3v) is 6.80. The molecule has 0 amide bonds. The van der Waals surface area contributed by atoms with E-state index in [0.29, 0.717) is 11.4 Å². The Morgan fingerprint density at radius 3 is 2.72 bits per heavy atom. The van der Waals surface area contributed by atoms with Crippen molar-refractivity contribution < 1.29 is 8.42 Å². The molecule has 1 aromatic rings. The van der Waals surface area contributed by atoms with Gasteiger partial charge in [0.15, 0.2) is 0 Å². The minimum atomic E-state index is -3.40. The van der Waals surface area contributed by atoms with Gasteiger partial charge in [-0.15, -0.1) is 11.3 Å². The number of hydrogen-bond donors (Lipinski definition) is 1. The Balaban J connectivity index is 2.81. The molecule has 102 valence electrons. The molecule has 0 aromatic carbocycles. The molecule has 0 saturated heterocycles. The SMILES string of the molecule is CSCCCN(C)S(=O)(=O)c1ccc(C(N)=S)s1. The first-order valence-corrected chi connectivity index (χ1v) is 9.30. The van der Waals surface area contributed by atoms with Crippen molar-refractivity contribution in [1.82, 2.24) is 4.31 Å². The fourth-order valence-electron chi connectivity index (χ4n) is 1.30. The van der Waals surface area contributed by atoms with Crippen LogP contribution < -0.4 is 5.73 Å². The average molecular weight is 325 g/mol. The number of thioether (sulfide) groups is 1. The highest BCUT2D eigenvalue weighted by molar-refractivity contribution is 7.98. The van der Waals surface area contributed by atoms with Crippen LogP contribution in [0.3, 0.4) is 0 Å². The Hall–Kier alpha value is -0.150. The fraction of sp³-hybridized carbons (Fsp3) is 0.500. The van der Waals surface area contributed by atoms with Gasteiger partial charge in [0.2, 0.25) is 0 Å². The summed E-state index contributed by atoms with van der Waals surface area (Å²) in [6.07, 6.45) is 2.84.